The molecule has 2 unspecified atom stereocenters. The highest BCUT2D eigenvalue weighted by Crippen LogP contribution is 2.27. The van der Waals surface area contributed by atoms with E-state index in [4.69, 9.17) is 4.74 Å². The molecule has 1 amide bonds. The Morgan fingerprint density at radius 2 is 2.05 bits per heavy atom. The number of hydrogen-bond donors (Lipinski definition) is 1. The van der Waals surface area contributed by atoms with Crippen molar-refractivity contribution in [3.63, 3.8) is 0 Å². The highest BCUT2D eigenvalue weighted by Gasteiger charge is 2.34. The monoisotopic (exact) mass is 290 g/mol. The van der Waals surface area contributed by atoms with Crippen LogP contribution in [0.1, 0.15) is 51.3 Å². The molecule has 0 radical (unpaired) electrons. The molecule has 0 spiro atoms. The highest BCUT2D eigenvalue weighted by atomic mass is 16.5. The summed E-state index contributed by atoms with van der Waals surface area (Å²) in [6.45, 7) is 4.78. The van der Waals surface area contributed by atoms with Crippen molar-refractivity contribution in [1.82, 2.24) is 10.2 Å². The minimum absolute atomic E-state index is 0.0139. The number of nitrogens with zero attached hydrogens (tertiary/aromatic N) is 1. The van der Waals surface area contributed by atoms with Crippen molar-refractivity contribution in [3.05, 3.63) is 29.8 Å². The fraction of sp³-hybridized carbons (Fsp3) is 0.588. The summed E-state index contributed by atoms with van der Waals surface area (Å²) >= 11 is 0. The van der Waals surface area contributed by atoms with Crippen LogP contribution in [0.25, 0.3) is 0 Å². The zero-order valence-electron chi connectivity index (χ0n) is 13.3. The van der Waals surface area contributed by atoms with E-state index in [1.165, 1.54) is 19.3 Å². The van der Waals surface area contributed by atoms with Crippen molar-refractivity contribution in [3.8, 4) is 5.75 Å². The maximum Gasteiger partial charge on any atom is 0.238 e. The van der Waals surface area contributed by atoms with E-state index >= 15 is 0 Å². The Hall–Kier alpha value is -1.55. The summed E-state index contributed by atoms with van der Waals surface area (Å²) < 4.78 is 5.19. The van der Waals surface area contributed by atoms with Crippen LogP contribution in [0, 0.1) is 0 Å². The molecule has 1 N–H and O–H groups in total. The average Bonchev–Trinajstić information content (AvgIpc) is 2.89. The van der Waals surface area contributed by atoms with E-state index in [1.807, 2.05) is 29.2 Å². The fourth-order valence-electron chi connectivity index (χ4n) is 2.91. The Kier molecular flexibility index (Phi) is 5.62. The predicted octanol–water partition coefficient (Wildman–Crippen LogP) is 3.09. The number of amides is 1. The zero-order valence-corrected chi connectivity index (χ0v) is 13.3. The SMILES string of the molecule is CCCCCC(C)N1C(=O)CNC1c1ccc(OC)cc1. The van der Waals surface area contributed by atoms with Gasteiger partial charge in [0, 0.05) is 6.04 Å². The van der Waals surface area contributed by atoms with Crippen LogP contribution in [0.2, 0.25) is 0 Å². The van der Waals surface area contributed by atoms with Gasteiger partial charge in [-0.25, -0.2) is 0 Å². The van der Waals surface area contributed by atoms with Gasteiger partial charge in [-0.3, -0.25) is 10.1 Å². The molecule has 21 heavy (non-hydrogen) atoms. The van der Waals surface area contributed by atoms with Crippen LogP contribution in [-0.4, -0.2) is 30.5 Å². The smallest absolute Gasteiger partial charge is 0.238 e. The molecular formula is C17H26N2O2. The number of methoxy groups -OCH3 is 1. The Bertz CT molecular complexity index is 458. The Balaban J connectivity index is 2.07. The first-order valence-corrected chi connectivity index (χ1v) is 7.86. The lowest BCUT2D eigenvalue weighted by Gasteiger charge is -2.31. The zero-order chi connectivity index (χ0) is 15.2. The van der Waals surface area contributed by atoms with Gasteiger partial charge in [-0.2, -0.15) is 0 Å². The number of ether oxygens (including phenoxy) is 1. The molecule has 1 saturated heterocycles. The molecule has 0 aliphatic carbocycles. The maximum atomic E-state index is 12.2. The summed E-state index contributed by atoms with van der Waals surface area (Å²) in [7, 11) is 1.66. The lowest BCUT2D eigenvalue weighted by Crippen LogP contribution is -2.37. The van der Waals surface area contributed by atoms with Gasteiger partial charge in [-0.05, 0) is 31.0 Å². The van der Waals surface area contributed by atoms with E-state index in [-0.39, 0.29) is 18.1 Å². The van der Waals surface area contributed by atoms with Gasteiger partial charge in [0.25, 0.3) is 0 Å². The molecule has 0 aromatic heterocycles. The minimum Gasteiger partial charge on any atom is -0.497 e. The van der Waals surface area contributed by atoms with Gasteiger partial charge in [0.05, 0.1) is 13.7 Å². The number of nitrogens with one attached hydrogen (secondary N) is 1. The number of rotatable bonds is 7. The molecule has 1 heterocycles. The number of carbonyl (C=O) groups excluding carboxylic acids is 1. The molecule has 1 fully saturated rings. The standard InChI is InChI=1S/C17H26N2O2/c1-4-5-6-7-13(2)19-16(20)12-18-17(19)14-8-10-15(21-3)11-9-14/h8-11,13,17-18H,4-7,12H2,1-3H3. The Labute approximate surface area is 127 Å². The second-order valence-electron chi connectivity index (χ2n) is 5.70. The lowest BCUT2D eigenvalue weighted by molar-refractivity contribution is -0.130. The van der Waals surface area contributed by atoms with E-state index in [0.717, 1.165) is 17.7 Å². The topological polar surface area (TPSA) is 41.6 Å². The molecular weight excluding hydrogens is 264 g/mol. The molecule has 1 aliphatic heterocycles. The Morgan fingerprint density at radius 1 is 1.33 bits per heavy atom. The van der Waals surface area contributed by atoms with Crippen molar-refractivity contribution in [2.24, 2.45) is 0 Å². The molecule has 116 valence electrons. The molecule has 1 aromatic carbocycles. The first-order valence-electron chi connectivity index (χ1n) is 7.86. The van der Waals surface area contributed by atoms with Gasteiger partial charge in [0.1, 0.15) is 11.9 Å². The first kappa shape index (κ1) is 15.8. The molecule has 4 heteroatoms. The maximum absolute atomic E-state index is 12.2. The van der Waals surface area contributed by atoms with E-state index in [2.05, 4.69) is 19.2 Å². The Morgan fingerprint density at radius 3 is 2.67 bits per heavy atom. The van der Waals surface area contributed by atoms with Crippen molar-refractivity contribution in [1.29, 1.82) is 0 Å². The van der Waals surface area contributed by atoms with Crippen molar-refractivity contribution in [2.45, 2.75) is 51.7 Å². The van der Waals surface area contributed by atoms with Gasteiger partial charge in [-0.15, -0.1) is 0 Å². The summed E-state index contributed by atoms with van der Waals surface area (Å²) in [5.74, 6) is 1.03. The third kappa shape index (κ3) is 3.76. The van der Waals surface area contributed by atoms with E-state index in [1.54, 1.807) is 7.11 Å². The van der Waals surface area contributed by atoms with Crippen LogP contribution < -0.4 is 10.1 Å². The van der Waals surface area contributed by atoms with Crippen molar-refractivity contribution < 1.29 is 9.53 Å². The second-order valence-corrected chi connectivity index (χ2v) is 5.70. The van der Waals surface area contributed by atoms with Gasteiger partial charge >= 0.3 is 0 Å². The van der Waals surface area contributed by atoms with Gasteiger partial charge < -0.3 is 9.64 Å². The van der Waals surface area contributed by atoms with Crippen LogP contribution in [0.5, 0.6) is 5.75 Å². The van der Waals surface area contributed by atoms with Crippen LogP contribution in [-0.2, 0) is 4.79 Å². The van der Waals surface area contributed by atoms with Gasteiger partial charge in [0.15, 0.2) is 0 Å². The van der Waals surface area contributed by atoms with Crippen LogP contribution in [0.4, 0.5) is 0 Å². The molecule has 1 aliphatic rings. The number of unbranched alkanes of at least 4 members (excludes halogenated alkanes) is 2. The van der Waals surface area contributed by atoms with Crippen molar-refractivity contribution in [2.75, 3.05) is 13.7 Å². The average molecular weight is 290 g/mol. The fourth-order valence-corrected chi connectivity index (χ4v) is 2.91. The molecule has 2 rings (SSSR count). The number of hydrogen-bond acceptors (Lipinski definition) is 3. The molecule has 4 nitrogen and oxygen atoms in total. The first-order chi connectivity index (χ1) is 10.2. The third-order valence-electron chi connectivity index (χ3n) is 4.14. The number of benzene rings is 1. The van der Waals surface area contributed by atoms with Gasteiger partial charge in [0.2, 0.25) is 5.91 Å². The summed E-state index contributed by atoms with van der Waals surface area (Å²) in [6, 6.07) is 8.22. The van der Waals surface area contributed by atoms with Crippen LogP contribution in [0.3, 0.4) is 0 Å². The van der Waals surface area contributed by atoms with Crippen LogP contribution in [0.15, 0.2) is 24.3 Å². The van der Waals surface area contributed by atoms with E-state index in [0.29, 0.717) is 6.54 Å². The molecule has 2 atom stereocenters. The van der Waals surface area contributed by atoms with E-state index in [9.17, 15) is 4.79 Å². The predicted molar refractivity (Wildman–Crippen MR) is 84.2 cm³/mol. The summed E-state index contributed by atoms with van der Waals surface area (Å²) in [5, 5.41) is 3.32. The normalized spacial score (nSPS) is 19.9. The lowest BCUT2D eigenvalue weighted by atomic mass is 10.1. The highest BCUT2D eigenvalue weighted by molar-refractivity contribution is 5.81. The quantitative estimate of drug-likeness (QED) is 0.785. The summed E-state index contributed by atoms with van der Waals surface area (Å²) in [4.78, 5) is 14.2. The number of carbonyl (C=O) groups is 1. The second kappa shape index (κ2) is 7.46. The van der Waals surface area contributed by atoms with Gasteiger partial charge in [-0.1, -0.05) is 38.3 Å². The molecule has 0 bridgehead atoms. The third-order valence-corrected chi connectivity index (χ3v) is 4.14. The summed E-state index contributed by atoms with van der Waals surface area (Å²) in [5.41, 5.74) is 1.11. The van der Waals surface area contributed by atoms with E-state index < -0.39 is 0 Å². The van der Waals surface area contributed by atoms with Crippen molar-refractivity contribution >= 4 is 5.91 Å². The minimum atomic E-state index is -0.0139. The molecule has 0 saturated carbocycles. The molecule has 1 aromatic rings. The largest absolute Gasteiger partial charge is 0.497 e. The summed E-state index contributed by atoms with van der Waals surface area (Å²) in [6.07, 6.45) is 4.67. The van der Waals surface area contributed by atoms with Crippen LogP contribution >= 0.6 is 0 Å².